The Bertz CT molecular complexity index is 462. The number of allylic oxidation sites excluding steroid dienone is 4. The van der Waals surface area contributed by atoms with Crippen LogP contribution in [0.2, 0.25) is 0 Å². The second-order valence-electron chi connectivity index (χ2n) is 5.37. The zero-order valence-electron chi connectivity index (χ0n) is 12.1. The van der Waals surface area contributed by atoms with E-state index in [1.54, 1.807) is 12.2 Å². The lowest BCUT2D eigenvalue weighted by Gasteiger charge is -2.24. The minimum atomic E-state index is -0.943. The largest absolute Gasteiger partial charge is 0.300 e. The molecular formula is C16H21ClO3. The topological polar surface area (TPSA) is 51.2 Å². The molecule has 0 aromatic rings. The van der Waals surface area contributed by atoms with Crippen LogP contribution in [0.5, 0.6) is 0 Å². The first kappa shape index (κ1) is 16.8. The van der Waals surface area contributed by atoms with Crippen molar-refractivity contribution in [1.29, 1.82) is 0 Å². The van der Waals surface area contributed by atoms with Gasteiger partial charge in [-0.25, -0.2) is 0 Å². The molecule has 4 heteroatoms. The van der Waals surface area contributed by atoms with Crippen molar-refractivity contribution in [2.24, 2.45) is 0 Å². The van der Waals surface area contributed by atoms with Crippen LogP contribution in [0.4, 0.5) is 0 Å². The summed E-state index contributed by atoms with van der Waals surface area (Å²) in [7, 11) is 0. The average molecular weight is 297 g/mol. The maximum atomic E-state index is 11.7. The molecule has 110 valence electrons. The molecule has 0 bridgehead atoms. The average Bonchev–Trinajstić information content (AvgIpc) is 2.36. The Morgan fingerprint density at radius 1 is 1.20 bits per heavy atom. The molecule has 1 unspecified atom stereocenters. The number of ketones is 3. The molecule has 1 aliphatic rings. The van der Waals surface area contributed by atoms with Gasteiger partial charge in [-0.3, -0.25) is 9.59 Å². The minimum Gasteiger partial charge on any atom is -0.300 e. The van der Waals surface area contributed by atoms with Crippen molar-refractivity contribution in [3.8, 4) is 0 Å². The van der Waals surface area contributed by atoms with Crippen molar-refractivity contribution < 1.29 is 14.4 Å². The third-order valence-electron chi connectivity index (χ3n) is 3.47. The normalized spacial score (nSPS) is 21.4. The highest BCUT2D eigenvalue weighted by atomic mass is 35.5. The molecule has 20 heavy (non-hydrogen) atoms. The minimum absolute atomic E-state index is 0.0752. The predicted octanol–water partition coefficient (Wildman–Crippen LogP) is 3.55. The molecule has 0 fully saturated rings. The molecule has 0 aliphatic heterocycles. The maximum Gasteiger partial charge on any atom is 0.154 e. The Hall–Kier alpha value is -1.22. The summed E-state index contributed by atoms with van der Waals surface area (Å²) in [5.41, 5.74) is 1.03. The number of alkyl halides is 1. The summed E-state index contributed by atoms with van der Waals surface area (Å²) in [4.78, 5) is 33.1. The van der Waals surface area contributed by atoms with E-state index >= 15 is 0 Å². The summed E-state index contributed by atoms with van der Waals surface area (Å²) in [6.45, 7) is 3.01. The van der Waals surface area contributed by atoms with Crippen LogP contribution < -0.4 is 0 Å². The van der Waals surface area contributed by atoms with Gasteiger partial charge in [-0.15, -0.1) is 11.6 Å². The van der Waals surface area contributed by atoms with E-state index in [0.29, 0.717) is 38.5 Å². The fourth-order valence-corrected chi connectivity index (χ4v) is 2.40. The molecule has 1 atom stereocenters. The lowest BCUT2D eigenvalue weighted by atomic mass is 9.88. The van der Waals surface area contributed by atoms with E-state index in [9.17, 15) is 14.4 Å². The summed E-state index contributed by atoms with van der Waals surface area (Å²) in [5, 5.41) is 0. The summed E-state index contributed by atoms with van der Waals surface area (Å²) >= 11 is 6.24. The highest BCUT2D eigenvalue weighted by Gasteiger charge is 2.32. The molecule has 1 rings (SSSR count). The molecule has 0 saturated carbocycles. The van der Waals surface area contributed by atoms with Gasteiger partial charge in [0.2, 0.25) is 0 Å². The molecule has 0 N–H and O–H groups in total. The second-order valence-corrected chi connectivity index (χ2v) is 6.05. The lowest BCUT2D eigenvalue weighted by Crippen LogP contribution is -2.29. The Labute approximate surface area is 125 Å². The number of carbonyl (C=O) groups excluding carboxylic acids is 3. The van der Waals surface area contributed by atoms with Crippen LogP contribution in [0.25, 0.3) is 0 Å². The van der Waals surface area contributed by atoms with Crippen molar-refractivity contribution in [1.82, 2.24) is 0 Å². The zero-order valence-corrected chi connectivity index (χ0v) is 12.8. The van der Waals surface area contributed by atoms with Crippen LogP contribution in [-0.4, -0.2) is 22.2 Å². The first-order valence-electron chi connectivity index (χ1n) is 6.92. The van der Waals surface area contributed by atoms with Crippen molar-refractivity contribution >= 4 is 29.0 Å². The molecule has 0 radical (unpaired) electrons. The van der Waals surface area contributed by atoms with Crippen molar-refractivity contribution in [2.45, 2.75) is 57.2 Å². The van der Waals surface area contributed by atoms with Crippen LogP contribution in [0, 0.1) is 0 Å². The van der Waals surface area contributed by atoms with Gasteiger partial charge in [-0.1, -0.05) is 23.8 Å². The van der Waals surface area contributed by atoms with Gasteiger partial charge >= 0.3 is 0 Å². The highest BCUT2D eigenvalue weighted by Crippen LogP contribution is 2.32. The summed E-state index contributed by atoms with van der Waals surface area (Å²) in [5.74, 6) is 0.199. The van der Waals surface area contributed by atoms with Crippen LogP contribution in [-0.2, 0) is 14.4 Å². The molecule has 0 heterocycles. The summed E-state index contributed by atoms with van der Waals surface area (Å²) in [6.07, 6.45) is 8.50. The van der Waals surface area contributed by atoms with E-state index in [1.807, 2.05) is 6.08 Å². The quantitative estimate of drug-likeness (QED) is 0.644. The van der Waals surface area contributed by atoms with Gasteiger partial charge in [-0.2, -0.15) is 0 Å². The fraction of sp³-hybridized carbons (Fsp3) is 0.562. The Morgan fingerprint density at radius 2 is 1.90 bits per heavy atom. The van der Waals surface area contributed by atoms with Gasteiger partial charge in [0, 0.05) is 19.3 Å². The van der Waals surface area contributed by atoms with Crippen LogP contribution >= 0.6 is 11.6 Å². The molecule has 0 aromatic carbocycles. The third-order valence-corrected chi connectivity index (χ3v) is 4.00. The number of rotatable bonds is 8. The lowest BCUT2D eigenvalue weighted by molar-refractivity contribution is -0.120. The van der Waals surface area contributed by atoms with E-state index < -0.39 is 4.87 Å². The molecule has 0 amide bonds. The summed E-state index contributed by atoms with van der Waals surface area (Å²) in [6, 6.07) is 0. The maximum absolute atomic E-state index is 11.7. The number of hydrogen-bond acceptors (Lipinski definition) is 3. The summed E-state index contributed by atoms with van der Waals surface area (Å²) < 4.78 is 0. The number of halogens is 1. The first-order valence-corrected chi connectivity index (χ1v) is 7.29. The van der Waals surface area contributed by atoms with E-state index in [2.05, 4.69) is 0 Å². The molecule has 0 saturated heterocycles. The number of Topliss-reactive ketones (excluding diaryl/α,β-unsaturated/α-hetero) is 3. The van der Waals surface area contributed by atoms with Crippen molar-refractivity contribution in [3.05, 3.63) is 23.8 Å². The van der Waals surface area contributed by atoms with Crippen molar-refractivity contribution in [2.75, 3.05) is 0 Å². The standard InChI is InChI=1S/C16H21ClO3/c1-12(18)5-3-7-15(20)9-8-14-6-4-10-16(17,11-14)13(2)19/h4,6,10H,3,5,7-9,11H2,1-2H3. The monoisotopic (exact) mass is 296 g/mol. The van der Waals surface area contributed by atoms with Crippen LogP contribution in [0.3, 0.4) is 0 Å². The SMILES string of the molecule is CC(=O)CCCC(=O)CCC1=CC=CC(Cl)(C(C)=O)C1. The number of hydrogen-bond donors (Lipinski definition) is 0. The van der Waals surface area contributed by atoms with Crippen LogP contribution in [0.15, 0.2) is 23.8 Å². The Morgan fingerprint density at radius 3 is 2.50 bits per heavy atom. The fourth-order valence-electron chi connectivity index (χ4n) is 2.16. The third kappa shape index (κ3) is 5.41. The van der Waals surface area contributed by atoms with E-state index in [1.165, 1.54) is 13.8 Å². The molecule has 0 spiro atoms. The van der Waals surface area contributed by atoms with Gasteiger partial charge in [0.25, 0.3) is 0 Å². The Balaban J connectivity index is 2.37. The van der Waals surface area contributed by atoms with Gasteiger partial charge in [0.1, 0.15) is 16.4 Å². The van der Waals surface area contributed by atoms with E-state index in [-0.39, 0.29) is 17.3 Å². The smallest absolute Gasteiger partial charge is 0.154 e. The van der Waals surface area contributed by atoms with Crippen molar-refractivity contribution in [3.63, 3.8) is 0 Å². The molecular weight excluding hydrogens is 276 g/mol. The van der Waals surface area contributed by atoms with Gasteiger partial charge in [0.15, 0.2) is 5.78 Å². The predicted molar refractivity (Wildman–Crippen MR) is 79.9 cm³/mol. The molecule has 1 aliphatic carbocycles. The van der Waals surface area contributed by atoms with E-state index in [4.69, 9.17) is 11.6 Å². The first-order chi connectivity index (χ1) is 9.33. The number of carbonyl (C=O) groups is 3. The molecule has 3 nitrogen and oxygen atoms in total. The van der Waals surface area contributed by atoms with E-state index in [0.717, 1.165) is 5.57 Å². The second kappa shape index (κ2) is 7.53. The molecule has 0 aromatic heterocycles. The van der Waals surface area contributed by atoms with Gasteiger partial charge in [-0.05, 0) is 33.1 Å². The van der Waals surface area contributed by atoms with Crippen LogP contribution in [0.1, 0.15) is 52.4 Å². The van der Waals surface area contributed by atoms with Gasteiger partial charge < -0.3 is 4.79 Å². The highest BCUT2D eigenvalue weighted by molar-refractivity contribution is 6.36. The van der Waals surface area contributed by atoms with Gasteiger partial charge in [0.05, 0.1) is 0 Å². The zero-order chi connectivity index (χ0) is 15.2. The Kier molecular flexibility index (Phi) is 6.34.